The Morgan fingerprint density at radius 3 is 3.05 bits per heavy atom. The molecule has 1 heterocycles. The molecular formula is C18H24N2O. The van der Waals surface area contributed by atoms with Crippen LogP contribution in [-0.2, 0) is 17.6 Å². The highest BCUT2D eigenvalue weighted by atomic mass is 16.5. The lowest BCUT2D eigenvalue weighted by Crippen LogP contribution is -2.25. The Morgan fingerprint density at radius 2 is 2.19 bits per heavy atom. The maximum absolute atomic E-state index is 5.68. The van der Waals surface area contributed by atoms with E-state index in [4.69, 9.17) is 4.74 Å². The van der Waals surface area contributed by atoms with Gasteiger partial charge in [-0.2, -0.15) is 0 Å². The molecule has 0 spiro atoms. The van der Waals surface area contributed by atoms with Crippen molar-refractivity contribution in [2.24, 2.45) is 0 Å². The summed E-state index contributed by atoms with van der Waals surface area (Å²) in [4.78, 5) is 0. The summed E-state index contributed by atoms with van der Waals surface area (Å²) in [5, 5.41) is 6.72. The van der Waals surface area contributed by atoms with E-state index in [1.54, 1.807) is 5.56 Å². The molecule has 112 valence electrons. The highest BCUT2D eigenvalue weighted by Gasteiger charge is 2.13. The van der Waals surface area contributed by atoms with Gasteiger partial charge in [0, 0.05) is 19.1 Å². The third-order valence-corrected chi connectivity index (χ3v) is 4.21. The zero-order valence-electron chi connectivity index (χ0n) is 12.7. The van der Waals surface area contributed by atoms with Gasteiger partial charge in [-0.05, 0) is 49.0 Å². The van der Waals surface area contributed by atoms with Crippen LogP contribution in [0.15, 0.2) is 42.3 Å². The molecule has 1 aliphatic carbocycles. The number of rotatable bonds is 6. The Labute approximate surface area is 127 Å². The summed E-state index contributed by atoms with van der Waals surface area (Å²) in [6.45, 7) is 4.60. The zero-order valence-corrected chi connectivity index (χ0v) is 12.7. The van der Waals surface area contributed by atoms with Gasteiger partial charge in [-0.15, -0.1) is 0 Å². The zero-order chi connectivity index (χ0) is 14.5. The quantitative estimate of drug-likeness (QED) is 0.788. The third-order valence-electron chi connectivity index (χ3n) is 4.21. The van der Waals surface area contributed by atoms with Crippen molar-refractivity contribution in [1.29, 1.82) is 0 Å². The number of dihydropyridines is 1. The standard InChI is InChI=1S/C18H24N2O/c1-14(16-9-8-15-5-4-6-17(15)13-16)19-11-12-21-18-7-2-3-10-20-18/h2-3,7-9,13-14,19-20H,4-6,10-12H2,1H3. The summed E-state index contributed by atoms with van der Waals surface area (Å²) in [7, 11) is 0. The average molecular weight is 284 g/mol. The first-order chi connectivity index (χ1) is 10.3. The second kappa shape index (κ2) is 6.81. The van der Waals surface area contributed by atoms with E-state index in [2.05, 4.69) is 41.8 Å². The largest absolute Gasteiger partial charge is 0.478 e. The fourth-order valence-corrected chi connectivity index (χ4v) is 2.96. The number of fused-ring (bicyclic) bond motifs is 1. The van der Waals surface area contributed by atoms with Gasteiger partial charge in [-0.1, -0.05) is 30.4 Å². The lowest BCUT2D eigenvalue weighted by molar-refractivity contribution is 0.190. The Hall–Kier alpha value is -1.74. The summed E-state index contributed by atoms with van der Waals surface area (Å²) in [5.41, 5.74) is 4.46. The van der Waals surface area contributed by atoms with Crippen LogP contribution >= 0.6 is 0 Å². The van der Waals surface area contributed by atoms with Gasteiger partial charge in [0.05, 0.1) is 0 Å². The minimum atomic E-state index is 0.368. The predicted molar refractivity (Wildman–Crippen MR) is 86.1 cm³/mol. The van der Waals surface area contributed by atoms with E-state index in [1.807, 2.05) is 12.2 Å². The predicted octanol–water partition coefficient (Wildman–Crippen LogP) is 2.84. The molecule has 1 aliphatic heterocycles. The molecule has 21 heavy (non-hydrogen) atoms. The molecule has 1 aromatic carbocycles. The average Bonchev–Trinajstić information content (AvgIpc) is 3.00. The lowest BCUT2D eigenvalue weighted by atomic mass is 10.0. The van der Waals surface area contributed by atoms with Gasteiger partial charge in [0.15, 0.2) is 5.88 Å². The monoisotopic (exact) mass is 284 g/mol. The van der Waals surface area contributed by atoms with E-state index in [0.717, 1.165) is 19.0 Å². The topological polar surface area (TPSA) is 33.3 Å². The molecule has 1 atom stereocenters. The van der Waals surface area contributed by atoms with Crippen LogP contribution in [0.4, 0.5) is 0 Å². The molecule has 1 unspecified atom stereocenters. The van der Waals surface area contributed by atoms with Gasteiger partial charge in [0.2, 0.25) is 0 Å². The van der Waals surface area contributed by atoms with Crippen LogP contribution in [0.3, 0.4) is 0 Å². The molecule has 0 amide bonds. The molecule has 3 nitrogen and oxygen atoms in total. The van der Waals surface area contributed by atoms with Crippen molar-refractivity contribution in [3.05, 3.63) is 59.0 Å². The van der Waals surface area contributed by atoms with E-state index in [-0.39, 0.29) is 0 Å². The van der Waals surface area contributed by atoms with E-state index >= 15 is 0 Å². The number of hydrogen-bond acceptors (Lipinski definition) is 3. The van der Waals surface area contributed by atoms with Crippen molar-refractivity contribution in [2.75, 3.05) is 19.7 Å². The molecule has 0 fully saturated rings. The van der Waals surface area contributed by atoms with E-state index in [1.165, 1.54) is 30.4 Å². The van der Waals surface area contributed by atoms with Crippen molar-refractivity contribution in [1.82, 2.24) is 10.6 Å². The molecule has 0 aromatic heterocycles. The second-order valence-corrected chi connectivity index (χ2v) is 5.75. The molecule has 0 radical (unpaired) electrons. The molecule has 1 aromatic rings. The minimum absolute atomic E-state index is 0.368. The van der Waals surface area contributed by atoms with Crippen LogP contribution in [-0.4, -0.2) is 19.7 Å². The first kappa shape index (κ1) is 14.2. The van der Waals surface area contributed by atoms with Gasteiger partial charge < -0.3 is 15.4 Å². The van der Waals surface area contributed by atoms with Gasteiger partial charge in [0.25, 0.3) is 0 Å². The number of allylic oxidation sites excluding steroid dienone is 2. The maximum Gasteiger partial charge on any atom is 0.186 e. The van der Waals surface area contributed by atoms with Gasteiger partial charge in [-0.25, -0.2) is 0 Å². The molecule has 0 saturated carbocycles. The Bertz CT molecular complexity index is 548. The summed E-state index contributed by atoms with van der Waals surface area (Å²) in [5.74, 6) is 0.865. The summed E-state index contributed by atoms with van der Waals surface area (Å²) in [6.07, 6.45) is 9.86. The lowest BCUT2D eigenvalue weighted by Gasteiger charge is -2.17. The van der Waals surface area contributed by atoms with Crippen LogP contribution in [0.25, 0.3) is 0 Å². The molecule has 3 heteroatoms. The van der Waals surface area contributed by atoms with Crippen molar-refractivity contribution < 1.29 is 4.74 Å². The molecule has 0 bridgehead atoms. The number of nitrogens with one attached hydrogen (secondary N) is 2. The van der Waals surface area contributed by atoms with Crippen LogP contribution in [0, 0.1) is 0 Å². The number of benzene rings is 1. The van der Waals surface area contributed by atoms with Crippen molar-refractivity contribution in [2.45, 2.75) is 32.2 Å². The Balaban J connectivity index is 1.44. The van der Waals surface area contributed by atoms with Gasteiger partial charge in [0.1, 0.15) is 6.61 Å². The first-order valence-corrected chi connectivity index (χ1v) is 7.91. The van der Waals surface area contributed by atoms with Gasteiger partial charge >= 0.3 is 0 Å². The highest BCUT2D eigenvalue weighted by molar-refractivity contribution is 5.36. The van der Waals surface area contributed by atoms with Crippen molar-refractivity contribution in [3.63, 3.8) is 0 Å². The van der Waals surface area contributed by atoms with Crippen LogP contribution in [0.2, 0.25) is 0 Å². The SMILES string of the molecule is CC(NCCOC1=CC=CCN1)c1ccc2c(c1)CCC2. The second-order valence-electron chi connectivity index (χ2n) is 5.75. The van der Waals surface area contributed by atoms with Crippen molar-refractivity contribution >= 4 is 0 Å². The molecule has 0 saturated heterocycles. The molecule has 2 N–H and O–H groups in total. The molecular weight excluding hydrogens is 260 g/mol. The van der Waals surface area contributed by atoms with Crippen molar-refractivity contribution in [3.8, 4) is 0 Å². The van der Waals surface area contributed by atoms with E-state index < -0.39 is 0 Å². The smallest absolute Gasteiger partial charge is 0.186 e. The van der Waals surface area contributed by atoms with Crippen LogP contribution < -0.4 is 10.6 Å². The number of aryl methyl sites for hydroxylation is 2. The summed E-state index contributed by atoms with van der Waals surface area (Å²) < 4.78 is 5.68. The summed E-state index contributed by atoms with van der Waals surface area (Å²) in [6, 6.07) is 7.30. The Morgan fingerprint density at radius 1 is 1.29 bits per heavy atom. The van der Waals surface area contributed by atoms with Crippen LogP contribution in [0.5, 0.6) is 0 Å². The van der Waals surface area contributed by atoms with Crippen LogP contribution in [0.1, 0.15) is 36.1 Å². The fraction of sp³-hybridized carbons (Fsp3) is 0.444. The van der Waals surface area contributed by atoms with E-state index in [9.17, 15) is 0 Å². The van der Waals surface area contributed by atoms with Gasteiger partial charge in [-0.3, -0.25) is 0 Å². The number of ether oxygens (including phenoxy) is 1. The van der Waals surface area contributed by atoms with E-state index in [0.29, 0.717) is 12.6 Å². The fourth-order valence-electron chi connectivity index (χ4n) is 2.96. The first-order valence-electron chi connectivity index (χ1n) is 7.91. The minimum Gasteiger partial charge on any atom is -0.478 e. The Kier molecular flexibility index (Phi) is 4.61. The molecule has 2 aliphatic rings. The normalized spacial score (nSPS) is 17.9. The highest BCUT2D eigenvalue weighted by Crippen LogP contribution is 2.25. The number of hydrogen-bond donors (Lipinski definition) is 2. The third kappa shape index (κ3) is 3.67. The summed E-state index contributed by atoms with van der Waals surface area (Å²) >= 11 is 0. The molecule has 3 rings (SSSR count). The maximum atomic E-state index is 5.68.